The Morgan fingerprint density at radius 1 is 1.07 bits per heavy atom. The number of aromatic amines is 2. The smallest absolute Gasteiger partial charge is 0.268 e. The Labute approximate surface area is 173 Å². The third-order valence-corrected chi connectivity index (χ3v) is 5.20. The summed E-state index contributed by atoms with van der Waals surface area (Å²) in [4.78, 5) is 31.3. The molecule has 7 nitrogen and oxygen atoms in total. The lowest BCUT2D eigenvalue weighted by atomic mass is 10.1. The number of nitrogens with one attached hydrogen (secondary N) is 4. The van der Waals surface area contributed by atoms with Gasteiger partial charge in [-0.15, -0.1) is 0 Å². The fourth-order valence-corrected chi connectivity index (χ4v) is 3.58. The van der Waals surface area contributed by atoms with Crippen LogP contribution < -0.4 is 15.4 Å². The zero-order valence-electron chi connectivity index (χ0n) is 16.9. The molecule has 4 N–H and O–H groups in total. The quantitative estimate of drug-likeness (QED) is 0.381. The first-order valence-electron chi connectivity index (χ1n) is 9.86. The molecule has 7 heteroatoms. The number of amides is 2. The van der Waals surface area contributed by atoms with Gasteiger partial charge in [0.2, 0.25) is 5.91 Å². The first kappa shape index (κ1) is 19.6. The summed E-state index contributed by atoms with van der Waals surface area (Å²) in [5.41, 5.74) is 3.41. The number of hydrogen-bond donors (Lipinski definition) is 4. The van der Waals surface area contributed by atoms with E-state index < -0.39 is 6.04 Å². The third-order valence-electron chi connectivity index (χ3n) is 5.20. The maximum atomic E-state index is 12.6. The van der Waals surface area contributed by atoms with E-state index in [0.29, 0.717) is 24.4 Å². The Morgan fingerprint density at radius 2 is 1.87 bits per heavy atom. The predicted molar refractivity (Wildman–Crippen MR) is 117 cm³/mol. The van der Waals surface area contributed by atoms with Gasteiger partial charge in [0.25, 0.3) is 5.91 Å². The van der Waals surface area contributed by atoms with E-state index in [1.54, 1.807) is 20.1 Å². The van der Waals surface area contributed by atoms with Gasteiger partial charge < -0.3 is 25.3 Å². The molecule has 0 aliphatic heterocycles. The molecular weight excluding hydrogens is 380 g/mol. The number of H-pyrrole nitrogens is 2. The Hall–Kier alpha value is -3.74. The summed E-state index contributed by atoms with van der Waals surface area (Å²) in [6.45, 7) is 2.16. The molecule has 4 rings (SSSR count). The molecule has 154 valence electrons. The zero-order valence-corrected chi connectivity index (χ0v) is 16.9. The predicted octanol–water partition coefficient (Wildman–Crippen LogP) is 3.14. The molecule has 0 radical (unpaired) electrons. The summed E-state index contributed by atoms with van der Waals surface area (Å²) < 4.78 is 5.32. The number of rotatable bonds is 7. The number of aromatic nitrogens is 2. The second-order valence-corrected chi connectivity index (χ2v) is 7.20. The molecule has 0 aliphatic rings. The van der Waals surface area contributed by atoms with Crippen molar-refractivity contribution in [3.05, 3.63) is 66.0 Å². The van der Waals surface area contributed by atoms with Crippen molar-refractivity contribution in [3.8, 4) is 5.75 Å². The van der Waals surface area contributed by atoms with E-state index in [-0.39, 0.29) is 11.8 Å². The number of para-hydroxylation sites is 1. The summed E-state index contributed by atoms with van der Waals surface area (Å²) in [7, 11) is 1.59. The summed E-state index contributed by atoms with van der Waals surface area (Å²) in [6, 6.07) is 14.7. The fourth-order valence-electron chi connectivity index (χ4n) is 3.58. The van der Waals surface area contributed by atoms with E-state index in [1.807, 2.05) is 42.6 Å². The van der Waals surface area contributed by atoms with Crippen molar-refractivity contribution < 1.29 is 14.3 Å². The lowest BCUT2D eigenvalue weighted by Gasteiger charge is -2.13. The molecule has 0 fully saturated rings. The summed E-state index contributed by atoms with van der Waals surface area (Å²) in [5, 5.41) is 7.60. The third kappa shape index (κ3) is 3.87. The van der Waals surface area contributed by atoms with Crippen molar-refractivity contribution in [1.29, 1.82) is 0 Å². The molecule has 2 aromatic heterocycles. The normalized spacial score (nSPS) is 12.1. The number of hydrogen-bond acceptors (Lipinski definition) is 3. The highest BCUT2D eigenvalue weighted by molar-refractivity contribution is 6.01. The minimum atomic E-state index is -0.659. The molecule has 0 aliphatic carbocycles. The van der Waals surface area contributed by atoms with Gasteiger partial charge in [-0.2, -0.15) is 0 Å². The molecule has 30 heavy (non-hydrogen) atoms. The topological polar surface area (TPSA) is 99.0 Å². The molecule has 1 unspecified atom stereocenters. The van der Waals surface area contributed by atoms with E-state index in [1.165, 1.54) is 0 Å². The van der Waals surface area contributed by atoms with Gasteiger partial charge in [-0.25, -0.2) is 0 Å². The van der Waals surface area contributed by atoms with Crippen LogP contribution in [0.2, 0.25) is 0 Å². The fraction of sp³-hybridized carbons (Fsp3) is 0.217. The number of benzene rings is 2. The molecule has 0 spiro atoms. The van der Waals surface area contributed by atoms with Gasteiger partial charge in [0.1, 0.15) is 17.5 Å². The van der Waals surface area contributed by atoms with Crippen LogP contribution in [0.3, 0.4) is 0 Å². The number of methoxy groups -OCH3 is 1. The van der Waals surface area contributed by atoms with E-state index in [0.717, 1.165) is 27.4 Å². The van der Waals surface area contributed by atoms with E-state index in [4.69, 9.17) is 4.74 Å². The molecule has 2 aromatic carbocycles. The highest BCUT2D eigenvalue weighted by Crippen LogP contribution is 2.26. The number of fused-ring (bicyclic) bond motifs is 2. The average molecular weight is 404 g/mol. The summed E-state index contributed by atoms with van der Waals surface area (Å²) in [5.74, 6) is 0.121. The molecular formula is C23H24N4O3. The molecule has 2 amide bonds. The van der Waals surface area contributed by atoms with Gasteiger partial charge in [0.15, 0.2) is 0 Å². The highest BCUT2D eigenvalue weighted by atomic mass is 16.5. The van der Waals surface area contributed by atoms with Crippen molar-refractivity contribution >= 4 is 33.6 Å². The maximum Gasteiger partial charge on any atom is 0.268 e. The Bertz CT molecular complexity index is 1210. The minimum absolute atomic E-state index is 0.225. The van der Waals surface area contributed by atoms with Gasteiger partial charge in [0.05, 0.1) is 7.11 Å². The van der Waals surface area contributed by atoms with E-state index >= 15 is 0 Å². The molecule has 1 atom stereocenters. The van der Waals surface area contributed by atoms with Gasteiger partial charge >= 0.3 is 0 Å². The molecule has 0 saturated heterocycles. The van der Waals surface area contributed by atoms with Gasteiger partial charge in [-0.1, -0.05) is 24.3 Å². The summed E-state index contributed by atoms with van der Waals surface area (Å²) >= 11 is 0. The lowest BCUT2D eigenvalue weighted by Crippen LogP contribution is -2.45. The zero-order chi connectivity index (χ0) is 21.1. The van der Waals surface area contributed by atoms with Gasteiger partial charge in [-0.05, 0) is 43.2 Å². The van der Waals surface area contributed by atoms with Crippen molar-refractivity contribution in [2.75, 3.05) is 13.7 Å². The van der Waals surface area contributed by atoms with E-state index in [9.17, 15) is 9.59 Å². The monoisotopic (exact) mass is 404 g/mol. The molecule has 0 bridgehead atoms. The van der Waals surface area contributed by atoms with Crippen molar-refractivity contribution in [1.82, 2.24) is 20.6 Å². The largest absolute Gasteiger partial charge is 0.496 e. The number of ether oxygens (including phenoxy) is 1. The Balaban J connectivity index is 1.33. The van der Waals surface area contributed by atoms with Crippen LogP contribution in [-0.2, 0) is 11.2 Å². The Kier molecular flexibility index (Phi) is 5.43. The van der Waals surface area contributed by atoms with Crippen LogP contribution >= 0.6 is 0 Å². The first-order chi connectivity index (χ1) is 14.6. The lowest BCUT2D eigenvalue weighted by molar-refractivity contribution is -0.122. The number of carbonyl (C=O) groups is 2. The standard InChI is InChI=1S/C23H24N4O3/c1-14(22(28)24-11-10-15-13-25-18-7-4-3-6-16(15)18)26-23(29)20-12-17-19(27-20)8-5-9-21(17)30-2/h3-9,12-14,25,27H,10-11H2,1-2H3,(H,24,28)(H,26,29). The minimum Gasteiger partial charge on any atom is -0.496 e. The van der Waals surface area contributed by atoms with Crippen LogP contribution in [0.5, 0.6) is 5.75 Å². The van der Waals surface area contributed by atoms with Crippen LogP contribution in [0.25, 0.3) is 21.8 Å². The van der Waals surface area contributed by atoms with Gasteiger partial charge in [-0.3, -0.25) is 9.59 Å². The molecule has 2 heterocycles. The van der Waals surface area contributed by atoms with Crippen molar-refractivity contribution in [2.24, 2.45) is 0 Å². The second-order valence-electron chi connectivity index (χ2n) is 7.20. The Morgan fingerprint density at radius 3 is 2.70 bits per heavy atom. The molecule has 0 saturated carbocycles. The maximum absolute atomic E-state index is 12.6. The van der Waals surface area contributed by atoms with Gasteiger partial charge in [0, 0.05) is 34.5 Å². The van der Waals surface area contributed by atoms with Crippen LogP contribution in [0.4, 0.5) is 0 Å². The average Bonchev–Trinajstić information content (AvgIpc) is 3.38. The first-order valence-corrected chi connectivity index (χ1v) is 9.86. The SMILES string of the molecule is COc1cccc2[nH]c(C(=O)NC(C)C(=O)NCCc3c[nH]c4ccccc34)cc12. The van der Waals surface area contributed by atoms with Crippen LogP contribution in [0.15, 0.2) is 54.7 Å². The van der Waals surface area contributed by atoms with Crippen LogP contribution in [0, 0.1) is 0 Å². The second kappa shape index (κ2) is 8.32. The highest BCUT2D eigenvalue weighted by Gasteiger charge is 2.18. The summed E-state index contributed by atoms with van der Waals surface area (Å²) in [6.07, 6.45) is 2.67. The molecule has 4 aromatic rings. The van der Waals surface area contributed by atoms with Crippen molar-refractivity contribution in [3.63, 3.8) is 0 Å². The van der Waals surface area contributed by atoms with Crippen LogP contribution in [-0.4, -0.2) is 41.5 Å². The van der Waals surface area contributed by atoms with Crippen LogP contribution in [0.1, 0.15) is 23.0 Å². The van der Waals surface area contributed by atoms with Crippen molar-refractivity contribution in [2.45, 2.75) is 19.4 Å². The number of carbonyl (C=O) groups excluding carboxylic acids is 2. The van der Waals surface area contributed by atoms with E-state index in [2.05, 4.69) is 26.7 Å².